The van der Waals surface area contributed by atoms with E-state index in [0.29, 0.717) is 24.2 Å². The smallest absolute Gasteiger partial charge is 0.304 e. The van der Waals surface area contributed by atoms with E-state index in [1.807, 2.05) is 18.7 Å². The Labute approximate surface area is 113 Å². The van der Waals surface area contributed by atoms with E-state index in [-0.39, 0.29) is 12.5 Å². The SMILES string of the molecule is CCN(Cc1noc(CC(C)C)n1)C(C)CC(=O)O. The Bertz CT molecular complexity index is 404. The quantitative estimate of drug-likeness (QED) is 0.777. The Kier molecular flexibility index (Phi) is 5.95. The van der Waals surface area contributed by atoms with Gasteiger partial charge in [0, 0.05) is 12.5 Å². The van der Waals surface area contributed by atoms with Crippen molar-refractivity contribution in [1.82, 2.24) is 15.0 Å². The third-order valence-corrected chi connectivity index (χ3v) is 2.94. The fourth-order valence-electron chi connectivity index (χ4n) is 1.93. The number of carboxylic acid groups (broad SMARTS) is 1. The number of hydrogen-bond acceptors (Lipinski definition) is 5. The molecule has 0 amide bonds. The minimum Gasteiger partial charge on any atom is -0.481 e. The van der Waals surface area contributed by atoms with Crippen molar-refractivity contribution in [2.75, 3.05) is 6.54 Å². The zero-order valence-electron chi connectivity index (χ0n) is 12.1. The molecule has 1 N–H and O–H groups in total. The Hall–Kier alpha value is -1.43. The second-order valence-corrected chi connectivity index (χ2v) is 5.21. The predicted octanol–water partition coefficient (Wildman–Crippen LogP) is 1.95. The number of rotatable bonds is 8. The number of carboxylic acids is 1. The first-order chi connectivity index (χ1) is 8.92. The fourth-order valence-corrected chi connectivity index (χ4v) is 1.93. The lowest BCUT2D eigenvalue weighted by Gasteiger charge is -2.24. The zero-order chi connectivity index (χ0) is 14.4. The molecule has 1 heterocycles. The Balaban J connectivity index is 2.60. The highest BCUT2D eigenvalue weighted by Crippen LogP contribution is 2.10. The number of hydrogen-bond donors (Lipinski definition) is 1. The Morgan fingerprint density at radius 1 is 1.42 bits per heavy atom. The van der Waals surface area contributed by atoms with Gasteiger partial charge in [0.25, 0.3) is 0 Å². The van der Waals surface area contributed by atoms with E-state index < -0.39 is 5.97 Å². The molecule has 0 saturated heterocycles. The maximum atomic E-state index is 10.7. The van der Waals surface area contributed by atoms with Gasteiger partial charge in [-0.3, -0.25) is 9.69 Å². The van der Waals surface area contributed by atoms with Crippen molar-refractivity contribution in [2.24, 2.45) is 5.92 Å². The van der Waals surface area contributed by atoms with E-state index in [9.17, 15) is 4.79 Å². The molecule has 0 bridgehead atoms. The zero-order valence-corrected chi connectivity index (χ0v) is 12.1. The number of aliphatic carboxylic acids is 1. The second-order valence-electron chi connectivity index (χ2n) is 5.21. The van der Waals surface area contributed by atoms with Crippen LogP contribution in [-0.4, -0.2) is 38.7 Å². The predicted molar refractivity (Wildman–Crippen MR) is 70.6 cm³/mol. The van der Waals surface area contributed by atoms with E-state index in [2.05, 4.69) is 24.0 Å². The summed E-state index contributed by atoms with van der Waals surface area (Å²) in [5.74, 6) is 0.947. The second kappa shape index (κ2) is 7.23. The molecule has 19 heavy (non-hydrogen) atoms. The molecule has 0 aliphatic rings. The van der Waals surface area contributed by atoms with Crippen LogP contribution < -0.4 is 0 Å². The molecule has 1 unspecified atom stereocenters. The van der Waals surface area contributed by atoms with Crippen molar-refractivity contribution in [3.8, 4) is 0 Å². The molecule has 0 fully saturated rings. The first kappa shape index (κ1) is 15.6. The van der Waals surface area contributed by atoms with Crippen LogP contribution in [0, 0.1) is 5.92 Å². The van der Waals surface area contributed by atoms with Crippen LogP contribution in [0.2, 0.25) is 0 Å². The number of carbonyl (C=O) groups is 1. The molecule has 1 aromatic heterocycles. The van der Waals surface area contributed by atoms with Crippen LogP contribution in [-0.2, 0) is 17.8 Å². The van der Waals surface area contributed by atoms with Gasteiger partial charge in [-0.2, -0.15) is 4.98 Å². The van der Waals surface area contributed by atoms with Gasteiger partial charge in [0.2, 0.25) is 5.89 Å². The van der Waals surface area contributed by atoms with Crippen LogP contribution in [0.3, 0.4) is 0 Å². The van der Waals surface area contributed by atoms with Gasteiger partial charge in [0.15, 0.2) is 5.82 Å². The fraction of sp³-hybridized carbons (Fsp3) is 0.769. The lowest BCUT2D eigenvalue weighted by Crippen LogP contribution is -2.34. The molecule has 0 radical (unpaired) electrons. The van der Waals surface area contributed by atoms with E-state index in [1.54, 1.807) is 0 Å². The Morgan fingerprint density at radius 3 is 2.63 bits per heavy atom. The summed E-state index contributed by atoms with van der Waals surface area (Å²) in [6.45, 7) is 9.35. The van der Waals surface area contributed by atoms with E-state index in [4.69, 9.17) is 9.63 Å². The van der Waals surface area contributed by atoms with Crippen LogP contribution in [0.25, 0.3) is 0 Å². The minimum atomic E-state index is -0.792. The van der Waals surface area contributed by atoms with Gasteiger partial charge in [-0.05, 0) is 19.4 Å². The molecule has 6 nitrogen and oxygen atoms in total. The van der Waals surface area contributed by atoms with Crippen LogP contribution in [0.1, 0.15) is 45.8 Å². The molecule has 0 aliphatic carbocycles. The maximum Gasteiger partial charge on any atom is 0.304 e. The molecule has 0 spiro atoms. The molecule has 1 atom stereocenters. The summed E-state index contributed by atoms with van der Waals surface area (Å²) in [6, 6.07) is -0.0467. The van der Waals surface area contributed by atoms with Crippen molar-refractivity contribution >= 4 is 5.97 Å². The van der Waals surface area contributed by atoms with E-state index >= 15 is 0 Å². The van der Waals surface area contributed by atoms with Gasteiger partial charge >= 0.3 is 5.97 Å². The van der Waals surface area contributed by atoms with E-state index in [1.165, 1.54) is 0 Å². The highest BCUT2D eigenvalue weighted by Gasteiger charge is 2.18. The first-order valence-corrected chi connectivity index (χ1v) is 6.69. The van der Waals surface area contributed by atoms with Gasteiger partial charge in [0.1, 0.15) is 0 Å². The molecule has 108 valence electrons. The average Bonchev–Trinajstić information content (AvgIpc) is 2.71. The van der Waals surface area contributed by atoms with Crippen molar-refractivity contribution in [3.63, 3.8) is 0 Å². The van der Waals surface area contributed by atoms with Crippen molar-refractivity contribution in [2.45, 2.75) is 53.1 Å². The highest BCUT2D eigenvalue weighted by atomic mass is 16.5. The summed E-state index contributed by atoms with van der Waals surface area (Å²) >= 11 is 0. The minimum absolute atomic E-state index is 0.0467. The average molecular weight is 269 g/mol. The lowest BCUT2D eigenvalue weighted by atomic mass is 10.1. The van der Waals surface area contributed by atoms with E-state index in [0.717, 1.165) is 13.0 Å². The summed E-state index contributed by atoms with van der Waals surface area (Å²) < 4.78 is 5.18. The molecule has 6 heteroatoms. The van der Waals surface area contributed by atoms with Gasteiger partial charge in [-0.15, -0.1) is 0 Å². The molecule has 1 aromatic rings. The summed E-state index contributed by atoms with van der Waals surface area (Å²) in [6.07, 6.45) is 0.883. The van der Waals surface area contributed by atoms with Gasteiger partial charge in [-0.1, -0.05) is 25.9 Å². The Morgan fingerprint density at radius 2 is 2.11 bits per heavy atom. The number of aromatic nitrogens is 2. The highest BCUT2D eigenvalue weighted by molar-refractivity contribution is 5.67. The summed E-state index contributed by atoms with van der Waals surface area (Å²) in [5.41, 5.74) is 0. The monoisotopic (exact) mass is 269 g/mol. The number of nitrogens with zero attached hydrogens (tertiary/aromatic N) is 3. The maximum absolute atomic E-state index is 10.7. The largest absolute Gasteiger partial charge is 0.481 e. The lowest BCUT2D eigenvalue weighted by molar-refractivity contribution is -0.138. The van der Waals surface area contributed by atoms with Crippen LogP contribution >= 0.6 is 0 Å². The molecule has 0 saturated carbocycles. The van der Waals surface area contributed by atoms with Crippen LogP contribution in [0.5, 0.6) is 0 Å². The summed E-state index contributed by atoms with van der Waals surface area (Å²) in [4.78, 5) is 17.1. The van der Waals surface area contributed by atoms with Crippen LogP contribution in [0.4, 0.5) is 0 Å². The van der Waals surface area contributed by atoms with Gasteiger partial charge < -0.3 is 9.63 Å². The normalized spacial score (nSPS) is 13.2. The molecule has 0 aromatic carbocycles. The van der Waals surface area contributed by atoms with Gasteiger partial charge in [0.05, 0.1) is 13.0 Å². The molecular weight excluding hydrogens is 246 g/mol. The van der Waals surface area contributed by atoms with Crippen molar-refractivity contribution in [3.05, 3.63) is 11.7 Å². The standard InChI is InChI=1S/C13H23N3O3/c1-5-16(10(4)7-13(17)18)8-11-14-12(19-15-11)6-9(2)3/h9-10H,5-8H2,1-4H3,(H,17,18). The van der Waals surface area contributed by atoms with Crippen LogP contribution in [0.15, 0.2) is 4.52 Å². The van der Waals surface area contributed by atoms with Gasteiger partial charge in [-0.25, -0.2) is 0 Å². The summed E-state index contributed by atoms with van der Waals surface area (Å²) in [7, 11) is 0. The molecule has 0 aliphatic heterocycles. The van der Waals surface area contributed by atoms with Crippen molar-refractivity contribution in [1.29, 1.82) is 0 Å². The molecular formula is C13H23N3O3. The van der Waals surface area contributed by atoms with Crippen molar-refractivity contribution < 1.29 is 14.4 Å². The first-order valence-electron chi connectivity index (χ1n) is 6.69. The third kappa shape index (κ3) is 5.38. The summed E-state index contributed by atoms with van der Waals surface area (Å²) in [5, 5.41) is 12.8. The molecule has 1 rings (SSSR count). The topological polar surface area (TPSA) is 79.5 Å². The third-order valence-electron chi connectivity index (χ3n) is 2.94.